The van der Waals surface area contributed by atoms with Crippen molar-refractivity contribution in [2.75, 3.05) is 12.3 Å². The predicted molar refractivity (Wildman–Crippen MR) is 54.6 cm³/mol. The van der Waals surface area contributed by atoms with Crippen LogP contribution in [0.2, 0.25) is 0 Å². The Balaban J connectivity index is 2.07. The fraction of sp³-hybridized carbons (Fsp3) is 0.556. The summed E-state index contributed by atoms with van der Waals surface area (Å²) in [6.07, 6.45) is 5.38. The first-order valence-corrected chi connectivity index (χ1v) is 4.71. The quantitative estimate of drug-likeness (QED) is 0.669. The summed E-state index contributed by atoms with van der Waals surface area (Å²) in [6.45, 7) is 3.09. The smallest absolute Gasteiger partial charge is 0.216 e. The zero-order valence-corrected chi connectivity index (χ0v) is 8.36. The normalized spacial score (nSPS) is 10.1. The summed E-state index contributed by atoms with van der Waals surface area (Å²) in [5.41, 5.74) is 6.20. The van der Waals surface area contributed by atoms with Crippen molar-refractivity contribution in [2.45, 2.75) is 26.3 Å². The number of carbonyl (C=O) groups excluding carboxylic acids is 1. The molecule has 0 fully saturated rings. The van der Waals surface area contributed by atoms with Crippen molar-refractivity contribution in [1.29, 1.82) is 0 Å². The Bertz CT molecular complexity index is 295. The van der Waals surface area contributed by atoms with E-state index in [4.69, 9.17) is 5.73 Å². The fourth-order valence-electron chi connectivity index (χ4n) is 1.17. The molecule has 0 aliphatic carbocycles. The molecule has 78 valence electrons. The van der Waals surface area contributed by atoms with Crippen LogP contribution >= 0.6 is 0 Å². The van der Waals surface area contributed by atoms with Gasteiger partial charge >= 0.3 is 0 Å². The van der Waals surface area contributed by atoms with Gasteiger partial charge in [-0.15, -0.1) is 0 Å². The van der Waals surface area contributed by atoms with Crippen LogP contribution in [0.25, 0.3) is 0 Å². The maximum Gasteiger partial charge on any atom is 0.216 e. The number of amides is 1. The molecule has 0 saturated heterocycles. The highest BCUT2D eigenvalue weighted by molar-refractivity contribution is 5.72. The lowest BCUT2D eigenvalue weighted by Crippen LogP contribution is -2.21. The van der Waals surface area contributed by atoms with Gasteiger partial charge in [-0.25, -0.2) is 0 Å². The molecule has 1 rings (SSSR count). The third-order valence-electron chi connectivity index (χ3n) is 1.84. The largest absolute Gasteiger partial charge is 0.396 e. The number of nitrogens with zero attached hydrogens (tertiary/aromatic N) is 2. The monoisotopic (exact) mass is 196 g/mol. The van der Waals surface area contributed by atoms with Crippen molar-refractivity contribution in [3.05, 3.63) is 12.4 Å². The maximum atomic E-state index is 10.5. The molecule has 0 radical (unpaired) electrons. The minimum Gasteiger partial charge on any atom is -0.396 e. The molecular weight excluding hydrogens is 180 g/mol. The van der Waals surface area contributed by atoms with Crippen LogP contribution in [-0.2, 0) is 11.3 Å². The second-order valence-corrected chi connectivity index (χ2v) is 3.23. The highest BCUT2D eigenvalue weighted by Crippen LogP contribution is 1.99. The topological polar surface area (TPSA) is 72.9 Å². The average Bonchev–Trinajstić information content (AvgIpc) is 2.50. The Morgan fingerprint density at radius 1 is 1.64 bits per heavy atom. The minimum absolute atomic E-state index is 0.0216. The van der Waals surface area contributed by atoms with Crippen LogP contribution in [0.1, 0.15) is 19.8 Å². The summed E-state index contributed by atoms with van der Waals surface area (Å²) in [6, 6.07) is 0. The first-order chi connectivity index (χ1) is 6.68. The number of anilines is 1. The van der Waals surface area contributed by atoms with Crippen molar-refractivity contribution < 1.29 is 4.79 Å². The zero-order chi connectivity index (χ0) is 10.4. The summed E-state index contributed by atoms with van der Waals surface area (Å²) in [7, 11) is 0. The molecule has 0 atom stereocenters. The molecule has 0 unspecified atom stereocenters. The summed E-state index contributed by atoms with van der Waals surface area (Å²) >= 11 is 0. The van der Waals surface area contributed by atoms with E-state index in [0.717, 1.165) is 25.9 Å². The summed E-state index contributed by atoms with van der Waals surface area (Å²) in [4.78, 5) is 10.5. The van der Waals surface area contributed by atoms with Gasteiger partial charge in [-0.05, 0) is 12.8 Å². The van der Waals surface area contributed by atoms with E-state index in [2.05, 4.69) is 10.4 Å². The van der Waals surface area contributed by atoms with Crippen LogP contribution in [0.4, 0.5) is 5.69 Å². The molecule has 0 aliphatic heterocycles. The molecule has 0 aliphatic rings. The molecule has 1 amide bonds. The van der Waals surface area contributed by atoms with Crippen molar-refractivity contribution in [1.82, 2.24) is 15.1 Å². The van der Waals surface area contributed by atoms with Gasteiger partial charge in [0, 0.05) is 26.2 Å². The lowest BCUT2D eigenvalue weighted by Gasteiger charge is -2.02. The van der Waals surface area contributed by atoms with Gasteiger partial charge in [0.15, 0.2) is 0 Å². The van der Waals surface area contributed by atoms with Crippen LogP contribution < -0.4 is 11.1 Å². The number of hydrogen-bond donors (Lipinski definition) is 2. The number of nitrogens with one attached hydrogen (secondary N) is 1. The molecule has 5 nitrogen and oxygen atoms in total. The Morgan fingerprint density at radius 2 is 2.43 bits per heavy atom. The average molecular weight is 196 g/mol. The molecule has 0 bridgehead atoms. The first kappa shape index (κ1) is 10.6. The molecule has 1 heterocycles. The maximum absolute atomic E-state index is 10.5. The van der Waals surface area contributed by atoms with E-state index in [1.54, 1.807) is 12.4 Å². The molecule has 14 heavy (non-hydrogen) atoms. The molecule has 5 heteroatoms. The van der Waals surface area contributed by atoms with Crippen LogP contribution in [0, 0.1) is 0 Å². The summed E-state index contributed by atoms with van der Waals surface area (Å²) in [5, 5.41) is 6.80. The number of rotatable bonds is 5. The lowest BCUT2D eigenvalue weighted by molar-refractivity contribution is -0.118. The molecule has 1 aromatic heterocycles. The third-order valence-corrected chi connectivity index (χ3v) is 1.84. The van der Waals surface area contributed by atoms with E-state index in [1.807, 2.05) is 4.68 Å². The summed E-state index contributed by atoms with van der Waals surface area (Å²) in [5.74, 6) is 0.0216. The number of aromatic nitrogens is 2. The van der Waals surface area contributed by atoms with Crippen LogP contribution in [-0.4, -0.2) is 22.2 Å². The number of nitrogen functional groups attached to an aromatic ring is 1. The highest BCUT2D eigenvalue weighted by atomic mass is 16.1. The van der Waals surface area contributed by atoms with Gasteiger partial charge in [-0.3, -0.25) is 9.48 Å². The third kappa shape index (κ3) is 3.93. The molecular formula is C9H16N4O. The van der Waals surface area contributed by atoms with Crippen LogP contribution in [0.5, 0.6) is 0 Å². The fourth-order valence-corrected chi connectivity index (χ4v) is 1.17. The van der Waals surface area contributed by atoms with Gasteiger partial charge in [-0.2, -0.15) is 5.10 Å². The van der Waals surface area contributed by atoms with Gasteiger partial charge in [0.2, 0.25) is 5.91 Å². The Hall–Kier alpha value is -1.52. The Labute approximate surface area is 83.3 Å². The zero-order valence-electron chi connectivity index (χ0n) is 8.36. The standard InChI is InChI=1S/C9H16N4O/c1-8(14)11-4-2-3-5-13-7-9(10)6-12-13/h6-7H,2-5,10H2,1H3,(H,11,14). The number of aryl methyl sites for hydroxylation is 1. The van der Waals surface area contributed by atoms with Gasteiger partial charge in [-0.1, -0.05) is 0 Å². The van der Waals surface area contributed by atoms with Crippen molar-refractivity contribution >= 4 is 11.6 Å². The Morgan fingerprint density at radius 3 is 3.00 bits per heavy atom. The molecule has 1 aromatic rings. The van der Waals surface area contributed by atoms with E-state index in [9.17, 15) is 4.79 Å². The molecule has 3 N–H and O–H groups in total. The van der Waals surface area contributed by atoms with Gasteiger partial charge in [0.25, 0.3) is 0 Å². The SMILES string of the molecule is CC(=O)NCCCCn1cc(N)cn1. The van der Waals surface area contributed by atoms with Crippen molar-refractivity contribution in [3.63, 3.8) is 0 Å². The van der Waals surface area contributed by atoms with Crippen LogP contribution in [0.3, 0.4) is 0 Å². The molecule has 0 aromatic carbocycles. The van der Waals surface area contributed by atoms with E-state index in [0.29, 0.717) is 5.69 Å². The second kappa shape index (κ2) is 5.26. The van der Waals surface area contributed by atoms with Gasteiger partial charge < -0.3 is 11.1 Å². The minimum atomic E-state index is 0.0216. The van der Waals surface area contributed by atoms with Crippen molar-refractivity contribution in [3.8, 4) is 0 Å². The molecule has 0 spiro atoms. The lowest BCUT2D eigenvalue weighted by atomic mass is 10.3. The highest BCUT2D eigenvalue weighted by Gasteiger charge is 1.95. The van der Waals surface area contributed by atoms with Gasteiger partial charge in [0.1, 0.15) is 0 Å². The van der Waals surface area contributed by atoms with E-state index in [-0.39, 0.29) is 5.91 Å². The van der Waals surface area contributed by atoms with E-state index in [1.165, 1.54) is 6.92 Å². The predicted octanol–water partition coefficient (Wildman–Crippen LogP) is 0.382. The number of unbranched alkanes of at least 4 members (excludes halogenated alkanes) is 1. The van der Waals surface area contributed by atoms with Crippen molar-refractivity contribution in [2.24, 2.45) is 0 Å². The first-order valence-electron chi connectivity index (χ1n) is 4.71. The number of carbonyl (C=O) groups is 1. The molecule has 0 saturated carbocycles. The summed E-state index contributed by atoms with van der Waals surface area (Å²) < 4.78 is 1.81. The van der Waals surface area contributed by atoms with E-state index < -0.39 is 0 Å². The second-order valence-electron chi connectivity index (χ2n) is 3.23. The number of hydrogen-bond acceptors (Lipinski definition) is 3. The number of nitrogens with two attached hydrogens (primary N) is 1. The van der Waals surface area contributed by atoms with E-state index >= 15 is 0 Å². The van der Waals surface area contributed by atoms with Gasteiger partial charge in [0.05, 0.1) is 11.9 Å². The van der Waals surface area contributed by atoms with Crippen LogP contribution in [0.15, 0.2) is 12.4 Å². The Kier molecular flexibility index (Phi) is 3.97.